The van der Waals surface area contributed by atoms with Gasteiger partial charge in [-0.3, -0.25) is 0 Å². The minimum atomic E-state index is -1.18. The highest BCUT2D eigenvalue weighted by Gasteiger charge is 2.52. The normalized spacial score (nSPS) is 17.3. The zero-order valence-electron chi connectivity index (χ0n) is 13.2. The summed E-state index contributed by atoms with van der Waals surface area (Å²) in [5, 5.41) is 22.9. The number of carbonyl (C=O) groups excluding carboxylic acids is 1. The van der Waals surface area contributed by atoms with Gasteiger partial charge in [-0.2, -0.15) is 0 Å². The standard InChI is InChI=1S/C16H20ClNO5/c1-15(2,3)23-14(22)18-16(6-7-16)12(19)11-8-9(17)4-5-10(11)13(20)21/h4-5,8,12,19H,6-7H2,1-3H3,(H,18,22)(H,20,21). The number of ether oxygens (including phenoxy) is 1. The van der Waals surface area contributed by atoms with E-state index in [1.807, 2.05) is 0 Å². The van der Waals surface area contributed by atoms with Crippen molar-refractivity contribution in [1.29, 1.82) is 0 Å². The van der Waals surface area contributed by atoms with Gasteiger partial charge in [-0.15, -0.1) is 0 Å². The number of amides is 1. The first kappa shape index (κ1) is 17.6. The summed E-state index contributed by atoms with van der Waals surface area (Å²) in [5.74, 6) is -1.16. The number of carboxylic acid groups (broad SMARTS) is 1. The number of hydrogen-bond acceptors (Lipinski definition) is 4. The summed E-state index contributed by atoms with van der Waals surface area (Å²) >= 11 is 5.91. The maximum absolute atomic E-state index is 11.9. The summed E-state index contributed by atoms with van der Waals surface area (Å²) in [6.07, 6.45) is -0.773. The molecule has 7 heteroatoms. The molecule has 0 aliphatic heterocycles. The number of alkyl carbamates (subject to hydrolysis) is 1. The molecule has 1 saturated carbocycles. The highest BCUT2D eigenvalue weighted by Crippen LogP contribution is 2.47. The van der Waals surface area contributed by atoms with Crippen LogP contribution in [-0.4, -0.2) is 33.4 Å². The Morgan fingerprint density at radius 2 is 1.96 bits per heavy atom. The van der Waals surface area contributed by atoms with Crippen LogP contribution < -0.4 is 5.32 Å². The van der Waals surface area contributed by atoms with Crippen LogP contribution >= 0.6 is 11.6 Å². The summed E-state index contributed by atoms with van der Waals surface area (Å²) in [7, 11) is 0. The number of hydrogen-bond donors (Lipinski definition) is 3. The third-order valence-electron chi connectivity index (χ3n) is 3.60. The summed E-state index contributed by atoms with van der Waals surface area (Å²) in [6.45, 7) is 5.21. The number of aliphatic hydroxyl groups excluding tert-OH is 1. The Bertz CT molecular complexity index is 634. The van der Waals surface area contributed by atoms with Gasteiger partial charge < -0.3 is 20.3 Å². The van der Waals surface area contributed by atoms with Gasteiger partial charge in [-0.1, -0.05) is 11.6 Å². The van der Waals surface area contributed by atoms with Crippen molar-refractivity contribution in [1.82, 2.24) is 5.32 Å². The second-order valence-electron chi connectivity index (χ2n) is 6.72. The average molecular weight is 342 g/mol. The van der Waals surface area contributed by atoms with E-state index in [0.717, 1.165) is 0 Å². The molecule has 1 unspecified atom stereocenters. The Hall–Kier alpha value is -1.79. The van der Waals surface area contributed by atoms with Gasteiger partial charge in [-0.25, -0.2) is 9.59 Å². The molecule has 1 aromatic carbocycles. The number of carboxylic acids is 1. The van der Waals surface area contributed by atoms with Crippen LogP contribution in [0.4, 0.5) is 4.79 Å². The number of aromatic carboxylic acids is 1. The predicted molar refractivity (Wildman–Crippen MR) is 84.7 cm³/mol. The average Bonchev–Trinajstić information content (AvgIpc) is 3.15. The van der Waals surface area contributed by atoms with Crippen LogP contribution in [0, 0.1) is 0 Å². The number of benzene rings is 1. The molecule has 126 valence electrons. The van der Waals surface area contributed by atoms with Crippen LogP contribution in [0.15, 0.2) is 18.2 Å². The predicted octanol–water partition coefficient (Wildman–Crippen LogP) is 3.13. The van der Waals surface area contributed by atoms with E-state index in [0.29, 0.717) is 17.9 Å². The Morgan fingerprint density at radius 3 is 2.43 bits per heavy atom. The first-order chi connectivity index (χ1) is 10.5. The Kier molecular flexibility index (Phi) is 4.59. The summed E-state index contributed by atoms with van der Waals surface area (Å²) in [6, 6.07) is 4.20. The minimum Gasteiger partial charge on any atom is -0.478 e. The molecule has 0 bridgehead atoms. The van der Waals surface area contributed by atoms with E-state index >= 15 is 0 Å². The topological polar surface area (TPSA) is 95.9 Å². The zero-order chi connectivity index (χ0) is 17.4. The van der Waals surface area contributed by atoms with E-state index in [1.54, 1.807) is 20.8 Å². The van der Waals surface area contributed by atoms with Crippen molar-refractivity contribution in [3.05, 3.63) is 34.3 Å². The number of carbonyl (C=O) groups is 2. The van der Waals surface area contributed by atoms with Gasteiger partial charge in [0.05, 0.1) is 11.1 Å². The molecule has 0 radical (unpaired) electrons. The van der Waals surface area contributed by atoms with Gasteiger partial charge in [0.1, 0.15) is 11.7 Å². The van der Waals surface area contributed by atoms with Gasteiger partial charge in [0.2, 0.25) is 0 Å². The molecule has 1 aliphatic rings. The summed E-state index contributed by atoms with van der Waals surface area (Å²) < 4.78 is 5.20. The largest absolute Gasteiger partial charge is 0.478 e. The lowest BCUT2D eigenvalue weighted by Crippen LogP contribution is -2.44. The Morgan fingerprint density at radius 1 is 1.35 bits per heavy atom. The third kappa shape index (κ3) is 4.14. The minimum absolute atomic E-state index is 0.0424. The van der Waals surface area contributed by atoms with Crippen molar-refractivity contribution in [2.24, 2.45) is 0 Å². The molecular formula is C16H20ClNO5. The first-order valence-electron chi connectivity index (χ1n) is 7.26. The molecule has 0 saturated heterocycles. The van der Waals surface area contributed by atoms with Crippen LogP contribution in [0.3, 0.4) is 0 Å². The van der Waals surface area contributed by atoms with E-state index < -0.39 is 29.3 Å². The molecule has 1 amide bonds. The molecule has 0 aromatic heterocycles. The van der Waals surface area contributed by atoms with Crippen LogP contribution in [0.2, 0.25) is 5.02 Å². The molecule has 2 rings (SSSR count). The molecule has 1 atom stereocenters. The van der Waals surface area contributed by atoms with E-state index in [4.69, 9.17) is 16.3 Å². The van der Waals surface area contributed by atoms with Crippen LogP contribution in [0.1, 0.15) is 55.6 Å². The SMILES string of the molecule is CC(C)(C)OC(=O)NC1(C(O)c2cc(Cl)ccc2C(=O)O)CC1. The highest BCUT2D eigenvalue weighted by molar-refractivity contribution is 6.30. The molecule has 0 heterocycles. The Labute approximate surface area is 139 Å². The smallest absolute Gasteiger partial charge is 0.408 e. The lowest BCUT2D eigenvalue weighted by atomic mass is 9.95. The Balaban J connectivity index is 2.23. The first-order valence-corrected chi connectivity index (χ1v) is 7.64. The second-order valence-corrected chi connectivity index (χ2v) is 7.16. The second kappa shape index (κ2) is 6.02. The van der Waals surface area contributed by atoms with Crippen LogP contribution in [-0.2, 0) is 4.74 Å². The fourth-order valence-electron chi connectivity index (χ4n) is 2.36. The van der Waals surface area contributed by atoms with Crippen molar-refractivity contribution in [3.8, 4) is 0 Å². The number of aliphatic hydroxyl groups is 1. The van der Waals surface area contributed by atoms with Gasteiger partial charge in [0.15, 0.2) is 0 Å². The molecule has 3 N–H and O–H groups in total. The molecular weight excluding hydrogens is 322 g/mol. The van der Waals surface area contributed by atoms with Crippen molar-refractivity contribution in [3.63, 3.8) is 0 Å². The maximum Gasteiger partial charge on any atom is 0.408 e. The lowest BCUT2D eigenvalue weighted by Gasteiger charge is -2.27. The highest BCUT2D eigenvalue weighted by atomic mass is 35.5. The molecule has 6 nitrogen and oxygen atoms in total. The van der Waals surface area contributed by atoms with Crippen LogP contribution in [0.25, 0.3) is 0 Å². The molecule has 23 heavy (non-hydrogen) atoms. The van der Waals surface area contributed by atoms with Crippen molar-refractivity contribution in [2.75, 3.05) is 0 Å². The van der Waals surface area contributed by atoms with E-state index in [2.05, 4.69) is 5.32 Å². The number of nitrogens with one attached hydrogen (secondary N) is 1. The number of rotatable bonds is 4. The molecule has 1 aliphatic carbocycles. The fraction of sp³-hybridized carbons (Fsp3) is 0.500. The maximum atomic E-state index is 11.9. The fourth-order valence-corrected chi connectivity index (χ4v) is 2.54. The molecule has 1 fully saturated rings. The van der Waals surface area contributed by atoms with Gasteiger partial charge in [0, 0.05) is 5.02 Å². The summed E-state index contributed by atoms with van der Waals surface area (Å²) in [4.78, 5) is 23.3. The third-order valence-corrected chi connectivity index (χ3v) is 3.84. The molecule has 0 spiro atoms. The van der Waals surface area contributed by atoms with Gasteiger partial charge >= 0.3 is 12.1 Å². The van der Waals surface area contributed by atoms with Gasteiger partial charge in [-0.05, 0) is 57.4 Å². The zero-order valence-corrected chi connectivity index (χ0v) is 14.0. The van der Waals surface area contributed by atoms with Crippen molar-refractivity contribution in [2.45, 2.75) is 50.9 Å². The van der Waals surface area contributed by atoms with E-state index in [-0.39, 0.29) is 11.1 Å². The summed E-state index contributed by atoms with van der Waals surface area (Å²) in [5.41, 5.74) is -1.44. The quantitative estimate of drug-likeness (QED) is 0.782. The monoisotopic (exact) mass is 341 g/mol. The van der Waals surface area contributed by atoms with Crippen molar-refractivity contribution >= 4 is 23.7 Å². The van der Waals surface area contributed by atoms with Crippen molar-refractivity contribution < 1.29 is 24.5 Å². The lowest BCUT2D eigenvalue weighted by molar-refractivity contribution is 0.0391. The van der Waals surface area contributed by atoms with Crippen LogP contribution in [0.5, 0.6) is 0 Å². The van der Waals surface area contributed by atoms with Gasteiger partial charge in [0.25, 0.3) is 0 Å². The molecule has 1 aromatic rings. The number of halogens is 1. The van der Waals surface area contributed by atoms with E-state index in [1.165, 1.54) is 18.2 Å². The van der Waals surface area contributed by atoms with E-state index in [9.17, 15) is 19.8 Å².